The van der Waals surface area contributed by atoms with Crippen molar-refractivity contribution < 1.29 is 0 Å². The van der Waals surface area contributed by atoms with Crippen molar-refractivity contribution in [3.8, 4) is 0 Å². The molecule has 0 aromatic rings. The van der Waals surface area contributed by atoms with Crippen LogP contribution in [0.2, 0.25) is 0 Å². The molecule has 2 atom stereocenters. The predicted molar refractivity (Wildman–Crippen MR) is 39.5 cm³/mol. The Morgan fingerprint density at radius 1 is 1.75 bits per heavy atom. The number of hydrogen-bond acceptors (Lipinski definition) is 2. The highest BCUT2D eigenvalue weighted by Crippen LogP contribution is 2.12. The van der Waals surface area contributed by atoms with Gasteiger partial charge in [-0.2, -0.15) is 12.6 Å². The summed E-state index contributed by atoms with van der Waals surface area (Å²) in [7, 11) is 0. The minimum Gasteiger partial charge on any atom is -0.313 e. The first kappa shape index (κ1) is 6.43. The van der Waals surface area contributed by atoms with E-state index in [2.05, 4.69) is 24.9 Å². The van der Waals surface area contributed by atoms with Crippen LogP contribution in [0.5, 0.6) is 0 Å². The monoisotopic (exact) mass is 131 g/mol. The minimum absolute atomic E-state index is 0.525. The van der Waals surface area contributed by atoms with Gasteiger partial charge in [-0.15, -0.1) is 0 Å². The van der Waals surface area contributed by atoms with E-state index in [0.29, 0.717) is 11.3 Å². The van der Waals surface area contributed by atoms with Crippen LogP contribution >= 0.6 is 12.6 Å². The van der Waals surface area contributed by atoms with Crippen molar-refractivity contribution in [1.29, 1.82) is 0 Å². The van der Waals surface area contributed by atoms with Crippen LogP contribution in [0, 0.1) is 0 Å². The zero-order chi connectivity index (χ0) is 5.98. The molecule has 1 saturated heterocycles. The quantitative estimate of drug-likeness (QED) is 0.507. The Morgan fingerprint density at radius 2 is 2.50 bits per heavy atom. The number of thiol groups is 1. The van der Waals surface area contributed by atoms with E-state index >= 15 is 0 Å². The SMILES string of the molecule is CC(S)C1CCCN1. The average Bonchev–Trinajstić information content (AvgIpc) is 2.12. The maximum atomic E-state index is 4.33. The van der Waals surface area contributed by atoms with Gasteiger partial charge in [-0.1, -0.05) is 6.92 Å². The van der Waals surface area contributed by atoms with Crippen molar-refractivity contribution in [3.63, 3.8) is 0 Å². The van der Waals surface area contributed by atoms with Crippen LogP contribution in [0.15, 0.2) is 0 Å². The van der Waals surface area contributed by atoms with Gasteiger partial charge in [0.25, 0.3) is 0 Å². The lowest BCUT2D eigenvalue weighted by Crippen LogP contribution is -2.28. The highest BCUT2D eigenvalue weighted by atomic mass is 32.1. The highest BCUT2D eigenvalue weighted by molar-refractivity contribution is 7.81. The first-order valence-corrected chi connectivity index (χ1v) is 3.74. The van der Waals surface area contributed by atoms with Crippen molar-refractivity contribution in [1.82, 2.24) is 5.32 Å². The second-order valence-electron chi connectivity index (χ2n) is 2.44. The van der Waals surface area contributed by atoms with Gasteiger partial charge >= 0.3 is 0 Å². The molecule has 1 N–H and O–H groups in total. The van der Waals surface area contributed by atoms with Gasteiger partial charge < -0.3 is 5.32 Å². The summed E-state index contributed by atoms with van der Waals surface area (Å²) in [5.74, 6) is 0. The van der Waals surface area contributed by atoms with Gasteiger partial charge in [0, 0.05) is 11.3 Å². The van der Waals surface area contributed by atoms with E-state index in [1.165, 1.54) is 19.4 Å². The van der Waals surface area contributed by atoms with E-state index in [9.17, 15) is 0 Å². The standard InChI is InChI=1S/C6H13NS/c1-5(8)6-3-2-4-7-6/h5-8H,2-4H2,1H3. The molecule has 1 fully saturated rings. The third-order valence-corrected chi connectivity index (χ3v) is 2.04. The van der Waals surface area contributed by atoms with Crippen LogP contribution in [-0.2, 0) is 0 Å². The zero-order valence-corrected chi connectivity index (χ0v) is 6.12. The molecule has 1 rings (SSSR count). The second kappa shape index (κ2) is 2.74. The molecule has 8 heavy (non-hydrogen) atoms. The normalized spacial score (nSPS) is 33.0. The third kappa shape index (κ3) is 1.39. The molecule has 2 unspecified atom stereocenters. The Hall–Kier alpha value is 0.310. The first-order valence-electron chi connectivity index (χ1n) is 3.22. The molecule has 1 heterocycles. The van der Waals surface area contributed by atoms with E-state index in [4.69, 9.17) is 0 Å². The molecular weight excluding hydrogens is 118 g/mol. The summed E-state index contributed by atoms with van der Waals surface area (Å²) in [5, 5.41) is 3.91. The molecule has 2 heteroatoms. The maximum Gasteiger partial charge on any atom is 0.0181 e. The van der Waals surface area contributed by atoms with Gasteiger partial charge in [-0.3, -0.25) is 0 Å². The number of rotatable bonds is 1. The van der Waals surface area contributed by atoms with E-state index in [-0.39, 0.29) is 0 Å². The second-order valence-corrected chi connectivity index (χ2v) is 3.26. The van der Waals surface area contributed by atoms with E-state index in [1.807, 2.05) is 0 Å². The summed E-state index contributed by atoms with van der Waals surface area (Å²) >= 11 is 4.33. The molecule has 0 radical (unpaired) electrons. The molecular formula is C6H13NS. The van der Waals surface area contributed by atoms with Crippen molar-refractivity contribution in [2.24, 2.45) is 0 Å². The maximum absolute atomic E-state index is 4.33. The Morgan fingerprint density at radius 3 is 2.75 bits per heavy atom. The molecule has 1 aliphatic rings. The van der Waals surface area contributed by atoms with Crippen LogP contribution in [0.3, 0.4) is 0 Å². The summed E-state index contributed by atoms with van der Waals surface area (Å²) in [4.78, 5) is 0. The summed E-state index contributed by atoms with van der Waals surface area (Å²) in [6.07, 6.45) is 2.64. The Labute approximate surface area is 56.3 Å². The summed E-state index contributed by atoms with van der Waals surface area (Å²) < 4.78 is 0. The topological polar surface area (TPSA) is 12.0 Å². The van der Waals surface area contributed by atoms with Gasteiger partial charge in [0.15, 0.2) is 0 Å². The average molecular weight is 131 g/mol. The molecule has 0 aromatic heterocycles. The molecule has 0 aliphatic carbocycles. The van der Waals surface area contributed by atoms with Crippen LogP contribution in [-0.4, -0.2) is 17.8 Å². The number of nitrogens with one attached hydrogen (secondary N) is 1. The Bertz CT molecular complexity index is 66.9. The Balaban J connectivity index is 2.24. The van der Waals surface area contributed by atoms with Gasteiger partial charge in [-0.25, -0.2) is 0 Å². The largest absolute Gasteiger partial charge is 0.313 e. The molecule has 48 valence electrons. The molecule has 1 nitrogen and oxygen atoms in total. The fraction of sp³-hybridized carbons (Fsp3) is 1.00. The molecule has 0 saturated carbocycles. The van der Waals surface area contributed by atoms with Crippen molar-refractivity contribution >= 4 is 12.6 Å². The van der Waals surface area contributed by atoms with Crippen molar-refractivity contribution in [2.75, 3.05) is 6.54 Å². The molecule has 0 aromatic carbocycles. The summed E-state index contributed by atoms with van der Waals surface area (Å²) in [6.45, 7) is 3.33. The molecule has 0 spiro atoms. The van der Waals surface area contributed by atoms with Gasteiger partial charge in [0.2, 0.25) is 0 Å². The van der Waals surface area contributed by atoms with E-state index < -0.39 is 0 Å². The Kier molecular flexibility index (Phi) is 2.20. The summed E-state index contributed by atoms with van der Waals surface area (Å²) in [5.41, 5.74) is 0. The first-order chi connectivity index (χ1) is 3.80. The van der Waals surface area contributed by atoms with Crippen LogP contribution in [0.4, 0.5) is 0 Å². The van der Waals surface area contributed by atoms with Crippen molar-refractivity contribution in [2.45, 2.75) is 31.1 Å². The lowest BCUT2D eigenvalue weighted by molar-refractivity contribution is 0.602. The molecule has 0 amide bonds. The van der Waals surface area contributed by atoms with E-state index in [1.54, 1.807) is 0 Å². The van der Waals surface area contributed by atoms with Crippen molar-refractivity contribution in [3.05, 3.63) is 0 Å². The molecule has 0 bridgehead atoms. The zero-order valence-electron chi connectivity index (χ0n) is 5.22. The fourth-order valence-corrected chi connectivity index (χ4v) is 1.38. The fourth-order valence-electron chi connectivity index (χ4n) is 1.12. The molecule has 1 aliphatic heterocycles. The summed E-state index contributed by atoms with van der Waals surface area (Å²) in [6, 6.07) is 0.679. The lowest BCUT2D eigenvalue weighted by Gasteiger charge is -2.11. The van der Waals surface area contributed by atoms with Crippen LogP contribution in [0.25, 0.3) is 0 Å². The van der Waals surface area contributed by atoms with Crippen LogP contribution in [0.1, 0.15) is 19.8 Å². The smallest absolute Gasteiger partial charge is 0.0181 e. The predicted octanol–water partition coefficient (Wildman–Crippen LogP) is 1.06. The number of hydrogen-bond donors (Lipinski definition) is 2. The third-order valence-electron chi connectivity index (χ3n) is 1.68. The highest BCUT2D eigenvalue weighted by Gasteiger charge is 2.16. The van der Waals surface area contributed by atoms with Crippen LogP contribution < -0.4 is 5.32 Å². The lowest BCUT2D eigenvalue weighted by atomic mass is 10.2. The van der Waals surface area contributed by atoms with Gasteiger partial charge in [-0.05, 0) is 19.4 Å². The minimum atomic E-state index is 0.525. The van der Waals surface area contributed by atoms with Gasteiger partial charge in [0.1, 0.15) is 0 Å². The van der Waals surface area contributed by atoms with E-state index in [0.717, 1.165) is 0 Å². The van der Waals surface area contributed by atoms with Gasteiger partial charge in [0.05, 0.1) is 0 Å².